The molecule has 0 amide bonds. The quantitative estimate of drug-likeness (QED) is 0.900. The van der Waals surface area contributed by atoms with Crippen LogP contribution in [0.4, 0.5) is 5.69 Å². The summed E-state index contributed by atoms with van der Waals surface area (Å²) in [7, 11) is 1.71. The first-order valence-electron chi connectivity index (χ1n) is 5.87. The first-order valence-corrected chi connectivity index (χ1v) is 6.66. The first kappa shape index (κ1) is 11.8. The van der Waals surface area contributed by atoms with E-state index in [0.717, 1.165) is 28.4 Å². The van der Waals surface area contributed by atoms with Gasteiger partial charge in [0.1, 0.15) is 5.75 Å². The fourth-order valence-electron chi connectivity index (χ4n) is 2.29. The average Bonchev–Trinajstić information content (AvgIpc) is 2.79. The zero-order chi connectivity index (χ0) is 11.4. The summed E-state index contributed by atoms with van der Waals surface area (Å²) >= 11 is 3.48. The summed E-state index contributed by atoms with van der Waals surface area (Å²) in [6.45, 7) is 1.06. The molecule has 1 aliphatic rings. The van der Waals surface area contributed by atoms with E-state index in [9.17, 15) is 0 Å². The number of hydrogen-bond acceptors (Lipinski definition) is 2. The topological polar surface area (TPSA) is 21.3 Å². The Morgan fingerprint density at radius 2 is 2.12 bits per heavy atom. The van der Waals surface area contributed by atoms with Crippen molar-refractivity contribution in [1.29, 1.82) is 0 Å². The lowest BCUT2D eigenvalue weighted by atomic mass is 10.1. The lowest BCUT2D eigenvalue weighted by Gasteiger charge is -2.14. The molecule has 16 heavy (non-hydrogen) atoms. The van der Waals surface area contributed by atoms with Crippen molar-refractivity contribution in [3.8, 4) is 5.75 Å². The molecule has 2 rings (SSSR count). The van der Waals surface area contributed by atoms with E-state index in [1.807, 2.05) is 12.1 Å². The van der Waals surface area contributed by atoms with E-state index in [2.05, 4.69) is 27.3 Å². The summed E-state index contributed by atoms with van der Waals surface area (Å²) in [5, 5.41) is 3.49. The van der Waals surface area contributed by atoms with Gasteiger partial charge in [0.05, 0.1) is 12.8 Å². The minimum atomic E-state index is 0.837. The highest BCUT2D eigenvalue weighted by molar-refractivity contribution is 9.10. The summed E-state index contributed by atoms with van der Waals surface area (Å²) in [4.78, 5) is 0. The maximum atomic E-state index is 5.33. The van der Waals surface area contributed by atoms with Crippen LogP contribution in [0.15, 0.2) is 22.7 Å². The van der Waals surface area contributed by atoms with Crippen molar-refractivity contribution < 1.29 is 4.74 Å². The first-order chi connectivity index (χ1) is 7.79. The Morgan fingerprint density at radius 3 is 2.81 bits per heavy atom. The fourth-order valence-corrected chi connectivity index (χ4v) is 2.65. The van der Waals surface area contributed by atoms with Crippen LogP contribution < -0.4 is 10.1 Å². The molecular weight excluding hydrogens is 266 g/mol. The number of hydrogen-bond donors (Lipinski definition) is 1. The van der Waals surface area contributed by atoms with Crippen molar-refractivity contribution >= 4 is 21.6 Å². The van der Waals surface area contributed by atoms with Crippen LogP contribution in [0, 0.1) is 5.92 Å². The number of methoxy groups -OCH3 is 1. The summed E-state index contributed by atoms with van der Waals surface area (Å²) in [5.41, 5.74) is 1.09. The number of ether oxygens (including phenoxy) is 1. The molecule has 0 spiro atoms. The van der Waals surface area contributed by atoms with Crippen LogP contribution in [0.2, 0.25) is 0 Å². The van der Waals surface area contributed by atoms with Gasteiger partial charge in [-0.05, 0) is 37.0 Å². The molecule has 1 aromatic rings. The SMILES string of the molecule is COc1ccc(Br)cc1NCC1CCCC1. The number of anilines is 1. The van der Waals surface area contributed by atoms with Gasteiger partial charge in [-0.1, -0.05) is 28.8 Å². The van der Waals surface area contributed by atoms with E-state index < -0.39 is 0 Å². The Labute approximate surface area is 106 Å². The highest BCUT2D eigenvalue weighted by atomic mass is 79.9. The molecule has 1 saturated carbocycles. The Bertz CT molecular complexity index is 348. The van der Waals surface area contributed by atoms with Crippen LogP contribution in [0.3, 0.4) is 0 Å². The lowest BCUT2D eigenvalue weighted by Crippen LogP contribution is -2.11. The Kier molecular flexibility index (Phi) is 4.10. The molecule has 3 heteroatoms. The van der Waals surface area contributed by atoms with Gasteiger partial charge in [0, 0.05) is 11.0 Å². The van der Waals surface area contributed by atoms with Crippen molar-refractivity contribution in [3.63, 3.8) is 0 Å². The lowest BCUT2D eigenvalue weighted by molar-refractivity contribution is 0.416. The van der Waals surface area contributed by atoms with Gasteiger partial charge in [0.2, 0.25) is 0 Å². The van der Waals surface area contributed by atoms with Gasteiger partial charge in [0.25, 0.3) is 0 Å². The predicted octanol–water partition coefficient (Wildman–Crippen LogP) is 4.06. The summed E-state index contributed by atoms with van der Waals surface area (Å²) < 4.78 is 6.42. The molecule has 0 unspecified atom stereocenters. The highest BCUT2D eigenvalue weighted by Gasteiger charge is 2.15. The second-order valence-corrected chi connectivity index (χ2v) is 5.29. The van der Waals surface area contributed by atoms with Gasteiger partial charge in [-0.3, -0.25) is 0 Å². The van der Waals surface area contributed by atoms with Crippen LogP contribution in [0.5, 0.6) is 5.75 Å². The van der Waals surface area contributed by atoms with E-state index in [0.29, 0.717) is 0 Å². The van der Waals surface area contributed by atoms with Crippen LogP contribution in [-0.4, -0.2) is 13.7 Å². The molecule has 0 heterocycles. The zero-order valence-electron chi connectivity index (χ0n) is 9.63. The minimum Gasteiger partial charge on any atom is -0.495 e. The predicted molar refractivity (Wildman–Crippen MR) is 71.1 cm³/mol. The molecule has 0 bridgehead atoms. The summed E-state index contributed by atoms with van der Waals surface area (Å²) in [6, 6.07) is 6.06. The second kappa shape index (κ2) is 5.58. The third kappa shape index (κ3) is 2.91. The smallest absolute Gasteiger partial charge is 0.142 e. The molecule has 0 aromatic heterocycles. The molecule has 0 aliphatic heterocycles. The van der Waals surface area contributed by atoms with Crippen molar-refractivity contribution in [3.05, 3.63) is 22.7 Å². The molecule has 2 nitrogen and oxygen atoms in total. The summed E-state index contributed by atoms with van der Waals surface area (Å²) in [6.07, 6.45) is 5.51. The van der Waals surface area contributed by atoms with Crippen molar-refractivity contribution in [1.82, 2.24) is 0 Å². The average molecular weight is 284 g/mol. The number of nitrogens with one attached hydrogen (secondary N) is 1. The Balaban J connectivity index is 1.98. The third-order valence-electron chi connectivity index (χ3n) is 3.22. The van der Waals surface area contributed by atoms with E-state index in [-0.39, 0.29) is 0 Å². The molecule has 0 atom stereocenters. The van der Waals surface area contributed by atoms with E-state index in [1.54, 1.807) is 7.11 Å². The molecule has 1 aromatic carbocycles. The minimum absolute atomic E-state index is 0.837. The van der Waals surface area contributed by atoms with Crippen LogP contribution in [-0.2, 0) is 0 Å². The Morgan fingerprint density at radius 1 is 1.38 bits per heavy atom. The monoisotopic (exact) mass is 283 g/mol. The fraction of sp³-hybridized carbons (Fsp3) is 0.538. The number of rotatable bonds is 4. The van der Waals surface area contributed by atoms with Gasteiger partial charge in [0.15, 0.2) is 0 Å². The molecule has 1 fully saturated rings. The number of benzene rings is 1. The molecule has 1 aliphatic carbocycles. The van der Waals surface area contributed by atoms with Gasteiger partial charge < -0.3 is 10.1 Å². The van der Waals surface area contributed by atoms with E-state index >= 15 is 0 Å². The highest BCUT2D eigenvalue weighted by Crippen LogP contribution is 2.30. The zero-order valence-corrected chi connectivity index (χ0v) is 11.2. The molecule has 88 valence electrons. The normalized spacial score (nSPS) is 16.4. The maximum Gasteiger partial charge on any atom is 0.142 e. The van der Waals surface area contributed by atoms with Crippen LogP contribution in [0.1, 0.15) is 25.7 Å². The van der Waals surface area contributed by atoms with Crippen LogP contribution in [0.25, 0.3) is 0 Å². The standard InChI is InChI=1S/C13H18BrNO/c1-16-13-7-6-11(14)8-12(13)15-9-10-4-2-3-5-10/h6-8,10,15H,2-5,9H2,1H3. The van der Waals surface area contributed by atoms with Crippen LogP contribution >= 0.6 is 15.9 Å². The van der Waals surface area contributed by atoms with Crippen molar-refractivity contribution in [2.24, 2.45) is 5.92 Å². The molecular formula is C13H18BrNO. The van der Waals surface area contributed by atoms with Crippen molar-refractivity contribution in [2.45, 2.75) is 25.7 Å². The number of halogens is 1. The van der Waals surface area contributed by atoms with E-state index in [4.69, 9.17) is 4.74 Å². The Hall–Kier alpha value is -0.700. The van der Waals surface area contributed by atoms with E-state index in [1.165, 1.54) is 25.7 Å². The van der Waals surface area contributed by atoms with Crippen molar-refractivity contribution in [2.75, 3.05) is 19.0 Å². The second-order valence-electron chi connectivity index (χ2n) is 4.38. The van der Waals surface area contributed by atoms with Gasteiger partial charge in [-0.25, -0.2) is 0 Å². The maximum absolute atomic E-state index is 5.33. The van der Waals surface area contributed by atoms with Gasteiger partial charge >= 0.3 is 0 Å². The summed E-state index contributed by atoms with van der Waals surface area (Å²) in [5.74, 6) is 1.75. The molecule has 0 radical (unpaired) electrons. The van der Waals surface area contributed by atoms with Gasteiger partial charge in [-0.15, -0.1) is 0 Å². The molecule has 0 saturated heterocycles. The van der Waals surface area contributed by atoms with Gasteiger partial charge in [-0.2, -0.15) is 0 Å². The largest absolute Gasteiger partial charge is 0.495 e. The third-order valence-corrected chi connectivity index (χ3v) is 3.71. The molecule has 1 N–H and O–H groups in total.